The molecule has 0 spiro atoms. The quantitative estimate of drug-likeness (QED) is 0.321. The number of hydrogen-bond donors (Lipinski definition) is 1. The molecule has 1 fully saturated rings. The number of halogens is 4. The molecule has 1 heterocycles. The highest BCUT2D eigenvalue weighted by atomic mass is 19.4. The Balaban J connectivity index is 1.94. The topological polar surface area (TPSA) is 55.9 Å². The van der Waals surface area contributed by atoms with E-state index in [9.17, 15) is 27.2 Å². The number of nitrogens with one attached hydrogen (secondary N) is 1. The van der Waals surface area contributed by atoms with E-state index < -0.39 is 29.7 Å². The van der Waals surface area contributed by atoms with Gasteiger partial charge in [-0.3, -0.25) is 9.59 Å². The number of nitrogens with zero attached hydrogens (tertiary/aromatic N) is 3. The van der Waals surface area contributed by atoms with Crippen molar-refractivity contribution in [1.29, 1.82) is 0 Å². The first-order chi connectivity index (χ1) is 17.1. The lowest BCUT2D eigenvalue weighted by molar-refractivity contribution is -0.139. The van der Waals surface area contributed by atoms with Gasteiger partial charge in [0, 0.05) is 51.0 Å². The van der Waals surface area contributed by atoms with Crippen LogP contribution in [-0.4, -0.2) is 66.8 Å². The minimum atomic E-state index is -4.79. The molecule has 2 aromatic rings. The zero-order chi connectivity index (χ0) is 26.3. The molecule has 3 rings (SSSR count). The number of alkyl halides is 3. The molecule has 0 unspecified atom stereocenters. The second-order valence-corrected chi connectivity index (χ2v) is 8.63. The van der Waals surface area contributed by atoms with E-state index in [1.807, 2.05) is 35.2 Å². The molecule has 2 amide bonds. The molecule has 194 valence electrons. The number of hydrogen-bond acceptors (Lipinski definition) is 4. The summed E-state index contributed by atoms with van der Waals surface area (Å²) in [5.41, 5.74) is -0.377. The molecule has 1 aliphatic heterocycles. The first-order valence-electron chi connectivity index (χ1n) is 11.7. The normalized spacial score (nSPS) is 14.8. The van der Waals surface area contributed by atoms with Gasteiger partial charge in [-0.2, -0.15) is 13.2 Å². The number of carbonyl (C=O) groups excluding carboxylic acids is 2. The second kappa shape index (κ2) is 12.0. The summed E-state index contributed by atoms with van der Waals surface area (Å²) in [6.45, 7) is 3.40. The highest BCUT2D eigenvalue weighted by molar-refractivity contribution is 5.93. The van der Waals surface area contributed by atoms with Crippen molar-refractivity contribution in [2.24, 2.45) is 0 Å². The van der Waals surface area contributed by atoms with Crippen molar-refractivity contribution in [3.8, 4) is 0 Å². The SMILES string of the molecule is C/C(=C(/C(=O)N(C)CCc1ccccc1)N1CCNCC1)N(C=O)Cc1c(F)cccc1C(F)(F)F. The van der Waals surface area contributed by atoms with Crippen molar-refractivity contribution >= 4 is 12.3 Å². The second-order valence-electron chi connectivity index (χ2n) is 8.63. The Hall–Kier alpha value is -3.40. The standard InChI is InChI=1S/C26H30F4N4O2/c1-19(34(18-35)17-21-22(26(28,29)30)9-6-10-23(21)27)24(33-15-12-31-13-16-33)25(36)32(2)14-11-20-7-4-3-5-8-20/h3-10,18,31H,11-17H2,1-2H3/b24-19+. The summed E-state index contributed by atoms with van der Waals surface area (Å²) in [5.74, 6) is -1.43. The number of rotatable bonds is 9. The molecule has 0 aromatic heterocycles. The van der Waals surface area contributed by atoms with Crippen LogP contribution in [0.2, 0.25) is 0 Å². The molecule has 36 heavy (non-hydrogen) atoms. The molecule has 10 heteroatoms. The van der Waals surface area contributed by atoms with Gasteiger partial charge in [-0.05, 0) is 31.0 Å². The number of allylic oxidation sites excluding steroid dienone is 1. The van der Waals surface area contributed by atoms with Gasteiger partial charge in [-0.1, -0.05) is 36.4 Å². The lowest BCUT2D eigenvalue weighted by Crippen LogP contribution is -2.48. The summed E-state index contributed by atoms with van der Waals surface area (Å²) in [5, 5.41) is 3.19. The van der Waals surface area contributed by atoms with Gasteiger partial charge in [0.2, 0.25) is 6.41 Å². The Morgan fingerprint density at radius 3 is 2.36 bits per heavy atom. The van der Waals surface area contributed by atoms with E-state index in [4.69, 9.17) is 0 Å². The Kier molecular flexibility index (Phi) is 9.08. The van der Waals surface area contributed by atoms with Crippen molar-refractivity contribution in [1.82, 2.24) is 20.0 Å². The van der Waals surface area contributed by atoms with Crippen molar-refractivity contribution in [2.45, 2.75) is 26.1 Å². The van der Waals surface area contributed by atoms with Gasteiger partial charge in [0.1, 0.15) is 11.5 Å². The van der Waals surface area contributed by atoms with Gasteiger partial charge in [-0.25, -0.2) is 4.39 Å². The molecular weight excluding hydrogens is 476 g/mol. The van der Waals surface area contributed by atoms with Crippen LogP contribution in [-0.2, 0) is 28.7 Å². The first kappa shape index (κ1) is 27.2. The number of benzene rings is 2. The average Bonchev–Trinajstić information content (AvgIpc) is 2.87. The summed E-state index contributed by atoms with van der Waals surface area (Å²) in [7, 11) is 1.64. The molecule has 1 N–H and O–H groups in total. The highest BCUT2D eigenvalue weighted by Gasteiger charge is 2.35. The van der Waals surface area contributed by atoms with E-state index in [0.29, 0.717) is 45.6 Å². The molecule has 1 saturated heterocycles. The van der Waals surface area contributed by atoms with Crippen LogP contribution in [0.15, 0.2) is 59.9 Å². The predicted molar refractivity (Wildman–Crippen MR) is 128 cm³/mol. The van der Waals surface area contributed by atoms with Crippen LogP contribution in [0.5, 0.6) is 0 Å². The molecule has 6 nitrogen and oxygen atoms in total. The molecule has 1 aliphatic rings. The number of piperazine rings is 1. The van der Waals surface area contributed by atoms with Crippen LogP contribution >= 0.6 is 0 Å². The Morgan fingerprint density at radius 2 is 1.75 bits per heavy atom. The highest BCUT2D eigenvalue weighted by Crippen LogP contribution is 2.34. The minimum Gasteiger partial charge on any atom is -0.363 e. The Morgan fingerprint density at radius 1 is 1.08 bits per heavy atom. The lowest BCUT2D eigenvalue weighted by atomic mass is 10.1. The summed E-state index contributed by atoms with van der Waals surface area (Å²) in [6, 6.07) is 12.3. The monoisotopic (exact) mass is 506 g/mol. The van der Waals surface area contributed by atoms with Gasteiger partial charge in [0.15, 0.2) is 0 Å². The fraction of sp³-hybridized carbons (Fsp3) is 0.385. The van der Waals surface area contributed by atoms with Gasteiger partial charge in [-0.15, -0.1) is 0 Å². The fourth-order valence-corrected chi connectivity index (χ4v) is 4.16. The molecule has 0 atom stereocenters. The summed E-state index contributed by atoms with van der Waals surface area (Å²) >= 11 is 0. The van der Waals surface area contributed by atoms with E-state index in [0.717, 1.165) is 28.7 Å². The summed E-state index contributed by atoms with van der Waals surface area (Å²) in [4.78, 5) is 29.9. The van der Waals surface area contributed by atoms with Crippen LogP contribution in [0, 0.1) is 5.82 Å². The van der Waals surface area contributed by atoms with Gasteiger partial charge >= 0.3 is 6.18 Å². The van der Waals surface area contributed by atoms with E-state index in [1.165, 1.54) is 11.8 Å². The zero-order valence-corrected chi connectivity index (χ0v) is 20.3. The van der Waals surface area contributed by atoms with Gasteiger partial charge in [0.05, 0.1) is 12.1 Å². The van der Waals surface area contributed by atoms with Crippen LogP contribution in [0.25, 0.3) is 0 Å². The Labute approximate surface area is 208 Å². The Bertz CT molecular complexity index is 1080. The van der Waals surface area contributed by atoms with Crippen LogP contribution in [0.1, 0.15) is 23.6 Å². The van der Waals surface area contributed by atoms with Crippen LogP contribution in [0.4, 0.5) is 17.6 Å². The van der Waals surface area contributed by atoms with E-state index in [1.54, 1.807) is 7.05 Å². The van der Waals surface area contributed by atoms with Crippen molar-refractivity contribution in [2.75, 3.05) is 39.8 Å². The minimum absolute atomic E-state index is 0.167. The van der Waals surface area contributed by atoms with Gasteiger partial charge < -0.3 is 20.0 Å². The van der Waals surface area contributed by atoms with E-state index in [-0.39, 0.29) is 17.3 Å². The maximum atomic E-state index is 14.5. The van der Waals surface area contributed by atoms with Crippen LogP contribution < -0.4 is 5.32 Å². The predicted octanol–water partition coefficient (Wildman–Crippen LogP) is 3.64. The number of likely N-dealkylation sites (N-methyl/N-ethyl adjacent to an activating group) is 1. The molecule has 0 aliphatic carbocycles. The fourth-order valence-electron chi connectivity index (χ4n) is 4.16. The lowest BCUT2D eigenvalue weighted by Gasteiger charge is -2.35. The van der Waals surface area contributed by atoms with E-state index in [2.05, 4.69) is 5.32 Å². The third kappa shape index (κ3) is 6.63. The van der Waals surface area contributed by atoms with Crippen molar-refractivity contribution in [3.05, 3.63) is 82.4 Å². The smallest absolute Gasteiger partial charge is 0.363 e. The molecule has 0 saturated carbocycles. The van der Waals surface area contributed by atoms with Crippen LogP contribution in [0.3, 0.4) is 0 Å². The van der Waals surface area contributed by atoms with E-state index >= 15 is 0 Å². The molecule has 0 bridgehead atoms. The zero-order valence-electron chi connectivity index (χ0n) is 20.3. The molecular formula is C26H30F4N4O2. The number of amides is 2. The number of carbonyl (C=O) groups is 2. The third-order valence-corrected chi connectivity index (χ3v) is 6.21. The maximum Gasteiger partial charge on any atom is 0.416 e. The van der Waals surface area contributed by atoms with Crippen molar-refractivity contribution in [3.63, 3.8) is 0 Å². The maximum absolute atomic E-state index is 14.5. The van der Waals surface area contributed by atoms with Crippen molar-refractivity contribution < 1.29 is 27.2 Å². The molecule has 2 aromatic carbocycles. The first-order valence-corrected chi connectivity index (χ1v) is 11.7. The largest absolute Gasteiger partial charge is 0.416 e. The average molecular weight is 507 g/mol. The van der Waals surface area contributed by atoms with Gasteiger partial charge in [0.25, 0.3) is 5.91 Å². The summed E-state index contributed by atoms with van der Waals surface area (Å²) in [6.07, 6.45) is -3.85. The summed E-state index contributed by atoms with van der Waals surface area (Å²) < 4.78 is 55.1. The third-order valence-electron chi connectivity index (χ3n) is 6.21. The molecule has 0 radical (unpaired) electrons.